The van der Waals surface area contributed by atoms with Gasteiger partial charge < -0.3 is 9.64 Å². The molecular weight excluding hydrogens is 755 g/mol. The van der Waals surface area contributed by atoms with Crippen molar-refractivity contribution in [2.24, 2.45) is 70.9 Å². The lowest BCUT2D eigenvalue weighted by Crippen LogP contribution is -2.64. The van der Waals surface area contributed by atoms with E-state index in [2.05, 4.69) is 171 Å². The summed E-state index contributed by atoms with van der Waals surface area (Å²) in [6.07, 6.45) is 14.1. The molecular formula is C55H109NO3S. The SMILES string of the molecule is CC(C)(C)C1(C(C)(C)C)CCCCC1.CC(C)(C)C1(C(C)(C)C)CCOCC1.CC(C)(C)C1(C(C)(C)C)CCS(=O)(=O)CC1.CC(C)(C)C1(C(C)(C)C)CN2CCC1CC2. The lowest BCUT2D eigenvalue weighted by Gasteiger charge is -2.65. The van der Waals surface area contributed by atoms with E-state index in [1.54, 1.807) is 0 Å². The summed E-state index contributed by atoms with van der Waals surface area (Å²) in [4.78, 5) is 2.70. The number of hydrogen-bond acceptors (Lipinski definition) is 4. The van der Waals surface area contributed by atoms with Crippen molar-refractivity contribution in [3.8, 4) is 0 Å². The summed E-state index contributed by atoms with van der Waals surface area (Å²) in [6, 6.07) is 0. The maximum Gasteiger partial charge on any atom is 0.150 e. The normalized spacial score (nSPS) is 26.9. The second kappa shape index (κ2) is 18.6. The largest absolute Gasteiger partial charge is 0.381 e. The fourth-order valence-electron chi connectivity index (χ4n) is 15.5. The summed E-state index contributed by atoms with van der Waals surface area (Å²) in [5, 5.41) is 0. The molecule has 5 saturated heterocycles. The van der Waals surface area contributed by atoms with Crippen LogP contribution in [0, 0.1) is 70.9 Å². The minimum absolute atomic E-state index is 0.130. The molecule has 0 radical (unpaired) electrons. The van der Waals surface area contributed by atoms with Gasteiger partial charge in [0.1, 0.15) is 9.84 Å². The monoisotopic (exact) mass is 864 g/mol. The van der Waals surface area contributed by atoms with Gasteiger partial charge in [0.25, 0.3) is 0 Å². The van der Waals surface area contributed by atoms with Gasteiger partial charge in [-0.25, -0.2) is 8.42 Å². The van der Waals surface area contributed by atoms with Crippen LogP contribution in [0.5, 0.6) is 0 Å². The Bertz CT molecular complexity index is 1300. The molecule has 358 valence electrons. The molecule has 2 bridgehead atoms. The van der Waals surface area contributed by atoms with Crippen LogP contribution in [0.2, 0.25) is 0 Å². The topological polar surface area (TPSA) is 46.6 Å². The van der Waals surface area contributed by atoms with Crippen LogP contribution >= 0.6 is 0 Å². The average Bonchev–Trinajstić information content (AvgIpc) is 3.06. The Hall–Kier alpha value is -0.130. The van der Waals surface area contributed by atoms with Gasteiger partial charge in [0, 0.05) is 19.8 Å². The van der Waals surface area contributed by atoms with Crippen molar-refractivity contribution < 1.29 is 13.2 Å². The third-order valence-electron chi connectivity index (χ3n) is 18.8. The van der Waals surface area contributed by atoms with Crippen LogP contribution in [0.15, 0.2) is 0 Å². The van der Waals surface area contributed by atoms with E-state index in [1.807, 2.05) is 0 Å². The molecule has 6 aliphatic rings. The van der Waals surface area contributed by atoms with Crippen molar-refractivity contribution >= 4 is 9.84 Å². The van der Waals surface area contributed by atoms with Crippen molar-refractivity contribution in [3.63, 3.8) is 0 Å². The molecule has 6 fully saturated rings. The highest BCUT2D eigenvalue weighted by molar-refractivity contribution is 7.91. The van der Waals surface area contributed by atoms with Gasteiger partial charge in [0.05, 0.1) is 11.5 Å². The molecule has 1 saturated carbocycles. The summed E-state index contributed by atoms with van der Waals surface area (Å²) in [5.41, 5.74) is 4.38. The van der Waals surface area contributed by atoms with E-state index in [4.69, 9.17) is 4.74 Å². The van der Waals surface area contributed by atoms with Gasteiger partial charge >= 0.3 is 0 Å². The fraction of sp³-hybridized carbons (Fsp3) is 1.00. The fourth-order valence-corrected chi connectivity index (χ4v) is 17.0. The molecule has 0 atom stereocenters. The van der Waals surface area contributed by atoms with E-state index in [-0.39, 0.29) is 16.2 Å². The van der Waals surface area contributed by atoms with E-state index in [1.165, 1.54) is 77.4 Å². The van der Waals surface area contributed by atoms with Gasteiger partial charge in [-0.15, -0.1) is 0 Å². The molecule has 5 aliphatic heterocycles. The van der Waals surface area contributed by atoms with Gasteiger partial charge in [-0.3, -0.25) is 0 Å². The average molecular weight is 865 g/mol. The van der Waals surface area contributed by atoms with Crippen molar-refractivity contribution in [2.75, 3.05) is 44.4 Å². The molecule has 1 aliphatic carbocycles. The first-order chi connectivity index (χ1) is 26.5. The lowest BCUT2D eigenvalue weighted by molar-refractivity contribution is -0.162. The molecule has 4 nitrogen and oxygen atoms in total. The molecule has 0 spiro atoms. The van der Waals surface area contributed by atoms with Crippen molar-refractivity contribution in [1.82, 2.24) is 4.90 Å². The maximum absolute atomic E-state index is 11.6. The first kappa shape index (κ1) is 56.0. The van der Waals surface area contributed by atoms with Crippen LogP contribution in [0.3, 0.4) is 0 Å². The Labute approximate surface area is 378 Å². The predicted octanol–water partition coefficient (Wildman–Crippen LogP) is 16.0. The Morgan fingerprint density at radius 1 is 0.417 bits per heavy atom. The highest BCUT2D eigenvalue weighted by atomic mass is 32.2. The van der Waals surface area contributed by atoms with Crippen LogP contribution in [-0.2, 0) is 14.6 Å². The van der Waals surface area contributed by atoms with Gasteiger partial charge in [-0.1, -0.05) is 185 Å². The first-order valence-electron chi connectivity index (χ1n) is 25.0. The highest BCUT2D eigenvalue weighted by Crippen LogP contribution is 2.63. The molecule has 5 heteroatoms. The second-order valence-electron chi connectivity index (χ2n) is 29.1. The predicted molar refractivity (Wildman–Crippen MR) is 266 cm³/mol. The first-order valence-corrected chi connectivity index (χ1v) is 26.8. The van der Waals surface area contributed by atoms with Crippen molar-refractivity contribution in [3.05, 3.63) is 0 Å². The summed E-state index contributed by atoms with van der Waals surface area (Å²) in [5.74, 6) is 1.67. The third-order valence-corrected chi connectivity index (χ3v) is 20.4. The summed E-state index contributed by atoms with van der Waals surface area (Å²) < 4.78 is 28.7. The zero-order chi connectivity index (χ0) is 47.1. The van der Waals surface area contributed by atoms with Gasteiger partial charge in [-0.05, 0) is 135 Å². The van der Waals surface area contributed by atoms with Gasteiger partial charge in [0.2, 0.25) is 0 Å². The Morgan fingerprint density at radius 3 is 0.933 bits per heavy atom. The Kier molecular flexibility index (Phi) is 17.4. The molecule has 6 rings (SSSR count). The smallest absolute Gasteiger partial charge is 0.150 e. The van der Waals surface area contributed by atoms with E-state index in [9.17, 15) is 8.42 Å². The minimum Gasteiger partial charge on any atom is -0.381 e. The van der Waals surface area contributed by atoms with Gasteiger partial charge in [-0.2, -0.15) is 0 Å². The van der Waals surface area contributed by atoms with Crippen LogP contribution in [-0.4, -0.2) is 57.7 Å². The molecule has 0 N–H and O–H groups in total. The maximum atomic E-state index is 11.6. The Morgan fingerprint density at radius 2 is 0.717 bits per heavy atom. The van der Waals surface area contributed by atoms with Crippen molar-refractivity contribution in [1.29, 1.82) is 0 Å². The molecule has 0 unspecified atom stereocenters. The highest BCUT2D eigenvalue weighted by Gasteiger charge is 2.59. The molecule has 0 aromatic heterocycles. The molecule has 0 aromatic carbocycles. The minimum atomic E-state index is -2.77. The molecule has 0 amide bonds. The van der Waals surface area contributed by atoms with E-state index >= 15 is 0 Å². The Balaban J connectivity index is 0.000000276. The van der Waals surface area contributed by atoms with E-state index in [0.717, 1.165) is 32.0 Å². The van der Waals surface area contributed by atoms with Crippen LogP contribution < -0.4 is 0 Å². The van der Waals surface area contributed by atoms with Crippen LogP contribution in [0.1, 0.15) is 237 Å². The number of rotatable bonds is 0. The summed E-state index contributed by atoms with van der Waals surface area (Å²) in [7, 11) is -2.77. The summed E-state index contributed by atoms with van der Waals surface area (Å²) in [6.45, 7) is 63.0. The third kappa shape index (κ3) is 11.6. The molecule has 5 heterocycles. The van der Waals surface area contributed by atoms with E-state index in [0.29, 0.717) is 60.2 Å². The zero-order valence-electron chi connectivity index (χ0n) is 45.4. The number of piperidine rings is 3. The molecule has 0 aromatic rings. The lowest BCUT2D eigenvalue weighted by atomic mass is 9.45. The number of hydrogen-bond donors (Lipinski definition) is 0. The quantitative estimate of drug-likeness (QED) is 0.243. The zero-order valence-corrected chi connectivity index (χ0v) is 46.2. The molecule has 60 heavy (non-hydrogen) atoms. The number of fused-ring (bicyclic) bond motifs is 3. The van der Waals surface area contributed by atoms with Crippen LogP contribution in [0.25, 0.3) is 0 Å². The van der Waals surface area contributed by atoms with Crippen molar-refractivity contribution in [2.45, 2.75) is 237 Å². The van der Waals surface area contributed by atoms with E-state index < -0.39 is 9.84 Å². The number of ether oxygens (including phenoxy) is 1. The number of nitrogens with zero attached hydrogens (tertiary/aromatic N) is 1. The van der Waals surface area contributed by atoms with Crippen LogP contribution in [0.4, 0.5) is 0 Å². The summed E-state index contributed by atoms with van der Waals surface area (Å²) >= 11 is 0. The second-order valence-corrected chi connectivity index (χ2v) is 31.4. The van der Waals surface area contributed by atoms with Gasteiger partial charge in [0.15, 0.2) is 0 Å². The number of sulfone groups is 1. The standard InChI is InChI=1S/C15H29N.C14H28.C13H26O2S.C13H26O/c1-13(2,3)15(14(4,5)6)11-16-9-7-12(15)8-10-16;1-12(2,3)14(13(4,5)6)10-8-7-9-11-14;1-11(2,3)13(12(4,5)6)7-9-16(14,15)10-8-13;1-11(2,3)13(12(4,5)6)7-9-14-10-8-13/h12H,7-11H2,1-6H3;7-11H2,1-6H3;7-10H2,1-6H3;7-10H2,1-6H3.